The van der Waals surface area contributed by atoms with Gasteiger partial charge in [-0.25, -0.2) is 0 Å². The third-order valence-corrected chi connectivity index (χ3v) is 5.69. The predicted octanol–water partition coefficient (Wildman–Crippen LogP) is 3.64. The van der Waals surface area contributed by atoms with Gasteiger partial charge < -0.3 is 10.6 Å². The number of thioether (sulfide) groups is 1. The van der Waals surface area contributed by atoms with Crippen molar-refractivity contribution in [2.45, 2.75) is 57.6 Å². The second-order valence-corrected chi connectivity index (χ2v) is 7.64. The van der Waals surface area contributed by atoms with Gasteiger partial charge in [-0.2, -0.15) is 11.8 Å². The number of guanidine groups is 1. The lowest BCUT2D eigenvalue weighted by Gasteiger charge is -2.22. The van der Waals surface area contributed by atoms with Gasteiger partial charge in [-0.3, -0.25) is 4.99 Å². The van der Waals surface area contributed by atoms with Crippen molar-refractivity contribution in [3.63, 3.8) is 0 Å². The number of hydrogen-bond acceptors (Lipinski definition) is 2. The van der Waals surface area contributed by atoms with Crippen LogP contribution in [0.4, 0.5) is 0 Å². The molecule has 2 N–H and O–H groups in total. The topological polar surface area (TPSA) is 36.4 Å². The highest BCUT2D eigenvalue weighted by molar-refractivity contribution is 14.0. The fourth-order valence-corrected chi connectivity index (χ4v) is 4.22. The number of hydrogen-bond donors (Lipinski definition) is 2. The van der Waals surface area contributed by atoms with Gasteiger partial charge in [0, 0.05) is 24.9 Å². The van der Waals surface area contributed by atoms with Gasteiger partial charge in [0.2, 0.25) is 0 Å². The summed E-state index contributed by atoms with van der Waals surface area (Å²) in [4.78, 5) is 4.81. The average molecular weight is 411 g/mol. The molecule has 0 aromatic rings. The molecule has 118 valence electrons. The maximum absolute atomic E-state index is 4.81. The molecule has 0 amide bonds. The normalized spacial score (nSPS) is 25.3. The summed E-state index contributed by atoms with van der Waals surface area (Å²) in [6.45, 7) is 7.51. The molecule has 2 fully saturated rings. The standard InChI is InChI=1S/C15H29N3S.HI/c1-3-16-14(17-11-13-7-6-10-19-13)18-12-15(2)8-4-5-9-15;/h13H,3-12H2,1-2H3,(H2,16,17,18);1H. The van der Waals surface area contributed by atoms with Crippen LogP contribution in [0.15, 0.2) is 4.99 Å². The minimum absolute atomic E-state index is 0. The molecule has 1 unspecified atom stereocenters. The highest BCUT2D eigenvalue weighted by atomic mass is 127. The molecule has 0 bridgehead atoms. The summed E-state index contributed by atoms with van der Waals surface area (Å²) in [6, 6.07) is 0. The second kappa shape index (κ2) is 9.38. The maximum Gasteiger partial charge on any atom is 0.191 e. The third-order valence-electron chi connectivity index (χ3n) is 4.29. The molecule has 2 aliphatic rings. The minimum Gasteiger partial charge on any atom is -0.357 e. The Morgan fingerprint density at radius 3 is 2.60 bits per heavy atom. The van der Waals surface area contributed by atoms with Crippen LogP contribution in [-0.2, 0) is 0 Å². The lowest BCUT2D eigenvalue weighted by Crippen LogP contribution is -2.40. The van der Waals surface area contributed by atoms with Crippen LogP contribution in [0.25, 0.3) is 0 Å². The van der Waals surface area contributed by atoms with Gasteiger partial charge >= 0.3 is 0 Å². The second-order valence-electron chi connectivity index (χ2n) is 6.23. The number of nitrogens with zero attached hydrogens (tertiary/aromatic N) is 1. The Bertz CT molecular complexity index is 297. The zero-order valence-electron chi connectivity index (χ0n) is 12.9. The third kappa shape index (κ3) is 6.00. The van der Waals surface area contributed by atoms with Crippen molar-refractivity contribution in [3.8, 4) is 0 Å². The molecule has 1 aliphatic carbocycles. The first kappa shape index (κ1) is 18.4. The van der Waals surface area contributed by atoms with Gasteiger partial charge in [-0.15, -0.1) is 24.0 Å². The summed E-state index contributed by atoms with van der Waals surface area (Å²) in [7, 11) is 0. The molecular formula is C15H30IN3S. The van der Waals surface area contributed by atoms with Gasteiger partial charge in [0.1, 0.15) is 0 Å². The lowest BCUT2D eigenvalue weighted by molar-refractivity contribution is 0.350. The summed E-state index contributed by atoms with van der Waals surface area (Å²) in [6.07, 6.45) is 8.18. The molecule has 1 atom stereocenters. The van der Waals surface area contributed by atoms with Crippen LogP contribution < -0.4 is 10.6 Å². The van der Waals surface area contributed by atoms with Gasteiger partial charge in [0.15, 0.2) is 5.96 Å². The Morgan fingerprint density at radius 2 is 2.00 bits per heavy atom. The molecule has 0 spiro atoms. The predicted molar refractivity (Wildman–Crippen MR) is 101 cm³/mol. The van der Waals surface area contributed by atoms with Gasteiger partial charge in [-0.05, 0) is 43.8 Å². The molecule has 2 rings (SSSR count). The monoisotopic (exact) mass is 411 g/mol. The van der Waals surface area contributed by atoms with Crippen LogP contribution in [0.5, 0.6) is 0 Å². The Kier molecular flexibility index (Phi) is 8.63. The smallest absolute Gasteiger partial charge is 0.191 e. The van der Waals surface area contributed by atoms with E-state index in [1.807, 2.05) is 0 Å². The molecule has 20 heavy (non-hydrogen) atoms. The zero-order chi connectivity index (χ0) is 13.6. The van der Waals surface area contributed by atoms with Crippen molar-refractivity contribution >= 4 is 41.7 Å². The fraction of sp³-hybridized carbons (Fsp3) is 0.933. The van der Waals surface area contributed by atoms with E-state index in [2.05, 4.69) is 36.2 Å². The quantitative estimate of drug-likeness (QED) is 0.412. The van der Waals surface area contributed by atoms with Gasteiger partial charge in [0.25, 0.3) is 0 Å². The summed E-state index contributed by atoms with van der Waals surface area (Å²) >= 11 is 2.10. The molecule has 0 aromatic heterocycles. The van der Waals surface area contributed by atoms with Crippen molar-refractivity contribution < 1.29 is 0 Å². The van der Waals surface area contributed by atoms with Crippen LogP contribution in [0.2, 0.25) is 0 Å². The number of halogens is 1. The summed E-state index contributed by atoms with van der Waals surface area (Å²) in [5.41, 5.74) is 0.449. The van der Waals surface area contributed by atoms with Crippen molar-refractivity contribution in [1.29, 1.82) is 0 Å². The maximum atomic E-state index is 4.81. The largest absolute Gasteiger partial charge is 0.357 e. The van der Waals surface area contributed by atoms with Crippen molar-refractivity contribution in [2.24, 2.45) is 10.4 Å². The Hall–Kier alpha value is 0.350. The molecule has 3 nitrogen and oxygen atoms in total. The Balaban J connectivity index is 0.00000200. The first-order valence-electron chi connectivity index (χ1n) is 7.86. The molecular weight excluding hydrogens is 381 g/mol. The first-order chi connectivity index (χ1) is 9.22. The van der Waals surface area contributed by atoms with E-state index in [4.69, 9.17) is 4.99 Å². The van der Waals surface area contributed by atoms with Crippen LogP contribution in [0.3, 0.4) is 0 Å². The van der Waals surface area contributed by atoms with Crippen LogP contribution >= 0.6 is 35.7 Å². The van der Waals surface area contributed by atoms with Crippen molar-refractivity contribution in [2.75, 3.05) is 25.4 Å². The van der Waals surface area contributed by atoms with E-state index in [9.17, 15) is 0 Å². The van der Waals surface area contributed by atoms with E-state index in [0.717, 1.165) is 30.8 Å². The van der Waals surface area contributed by atoms with E-state index in [1.54, 1.807) is 0 Å². The molecule has 0 aromatic carbocycles. The molecule has 1 heterocycles. The first-order valence-corrected chi connectivity index (χ1v) is 8.90. The van der Waals surface area contributed by atoms with Crippen molar-refractivity contribution in [1.82, 2.24) is 10.6 Å². The number of nitrogens with one attached hydrogen (secondary N) is 2. The lowest BCUT2D eigenvalue weighted by atomic mass is 9.89. The zero-order valence-corrected chi connectivity index (χ0v) is 16.1. The van der Waals surface area contributed by atoms with E-state index in [1.165, 1.54) is 44.3 Å². The number of aliphatic imine (C=N–C) groups is 1. The van der Waals surface area contributed by atoms with E-state index >= 15 is 0 Å². The minimum atomic E-state index is 0. The highest BCUT2D eigenvalue weighted by Crippen LogP contribution is 2.37. The van der Waals surface area contributed by atoms with Crippen LogP contribution in [-0.4, -0.2) is 36.6 Å². The van der Waals surface area contributed by atoms with E-state index < -0.39 is 0 Å². The van der Waals surface area contributed by atoms with E-state index in [-0.39, 0.29) is 24.0 Å². The summed E-state index contributed by atoms with van der Waals surface area (Å²) in [5.74, 6) is 2.35. The number of rotatable bonds is 5. The highest BCUT2D eigenvalue weighted by Gasteiger charge is 2.28. The van der Waals surface area contributed by atoms with Crippen molar-refractivity contribution in [3.05, 3.63) is 0 Å². The van der Waals surface area contributed by atoms with Crippen LogP contribution in [0, 0.1) is 5.41 Å². The molecule has 0 radical (unpaired) electrons. The fourth-order valence-electron chi connectivity index (χ4n) is 3.01. The molecule has 1 saturated heterocycles. The summed E-state index contributed by atoms with van der Waals surface area (Å²) < 4.78 is 0. The average Bonchev–Trinajstić information content (AvgIpc) is 3.05. The van der Waals surface area contributed by atoms with Gasteiger partial charge in [0.05, 0.1) is 0 Å². The SMILES string of the molecule is CCNC(=NCC1(C)CCCC1)NCC1CCCS1.I. The van der Waals surface area contributed by atoms with Gasteiger partial charge in [-0.1, -0.05) is 19.8 Å². The Labute approximate surface area is 145 Å². The molecule has 1 aliphatic heterocycles. The summed E-state index contributed by atoms with van der Waals surface area (Å²) in [5, 5.41) is 7.68. The molecule has 5 heteroatoms. The Morgan fingerprint density at radius 1 is 1.25 bits per heavy atom. The van der Waals surface area contributed by atoms with Crippen LogP contribution in [0.1, 0.15) is 52.4 Å². The van der Waals surface area contributed by atoms with E-state index in [0.29, 0.717) is 5.41 Å². The molecule has 1 saturated carbocycles.